The summed E-state index contributed by atoms with van der Waals surface area (Å²) in [4.78, 5) is 16.4. The summed E-state index contributed by atoms with van der Waals surface area (Å²) in [5, 5.41) is 11.2. The lowest BCUT2D eigenvalue weighted by atomic mass is 10.0. The molecule has 6 heteroatoms. The summed E-state index contributed by atoms with van der Waals surface area (Å²) in [6.07, 6.45) is 0. The molecular formula is C59H35N5O. The molecule has 4 aromatic heterocycles. The van der Waals surface area contributed by atoms with Crippen LogP contribution in [0.4, 0.5) is 0 Å². The maximum absolute atomic E-state index is 6.79. The van der Waals surface area contributed by atoms with Crippen LogP contribution in [0, 0.1) is 0 Å². The predicted molar refractivity (Wildman–Crippen MR) is 267 cm³/mol. The fraction of sp³-hybridized carbons (Fsp3) is 0. The molecule has 0 aliphatic carbocycles. The minimum Gasteiger partial charge on any atom is -0.456 e. The van der Waals surface area contributed by atoms with Gasteiger partial charge in [-0.25, -0.2) is 15.0 Å². The Balaban J connectivity index is 1.09. The minimum absolute atomic E-state index is 0.562. The van der Waals surface area contributed by atoms with E-state index in [4.69, 9.17) is 19.4 Å². The summed E-state index contributed by atoms with van der Waals surface area (Å²) in [5.41, 5.74) is 10.7. The van der Waals surface area contributed by atoms with Crippen molar-refractivity contribution in [2.24, 2.45) is 0 Å². The highest BCUT2D eigenvalue weighted by Crippen LogP contribution is 2.43. The first-order valence-corrected chi connectivity index (χ1v) is 21.9. The Bertz CT molecular complexity index is 4250. The van der Waals surface area contributed by atoms with Crippen molar-refractivity contribution in [1.82, 2.24) is 24.1 Å². The first-order chi connectivity index (χ1) is 32.2. The highest BCUT2D eigenvalue weighted by atomic mass is 16.3. The monoisotopic (exact) mass is 829 g/mol. The van der Waals surface area contributed by atoms with Crippen molar-refractivity contribution < 1.29 is 4.42 Å². The Morgan fingerprint density at radius 1 is 0.308 bits per heavy atom. The van der Waals surface area contributed by atoms with E-state index in [9.17, 15) is 0 Å². The quantitative estimate of drug-likeness (QED) is 0.173. The highest BCUT2D eigenvalue weighted by molar-refractivity contribution is 6.17. The van der Waals surface area contributed by atoms with Gasteiger partial charge in [0, 0.05) is 60.8 Å². The predicted octanol–water partition coefficient (Wildman–Crippen LogP) is 15.3. The van der Waals surface area contributed by atoms with Crippen molar-refractivity contribution in [3.63, 3.8) is 0 Å². The van der Waals surface area contributed by atoms with E-state index in [0.717, 1.165) is 93.6 Å². The normalized spacial score (nSPS) is 12.0. The molecule has 0 unspecified atom stereocenters. The van der Waals surface area contributed by atoms with Gasteiger partial charge in [0.2, 0.25) is 0 Å². The molecule has 0 fully saturated rings. The van der Waals surface area contributed by atoms with Crippen LogP contribution in [-0.4, -0.2) is 24.1 Å². The molecule has 0 atom stereocenters. The highest BCUT2D eigenvalue weighted by Gasteiger charge is 2.24. The summed E-state index contributed by atoms with van der Waals surface area (Å²) in [7, 11) is 0. The molecule has 0 saturated carbocycles. The van der Waals surface area contributed by atoms with Gasteiger partial charge in [-0.1, -0.05) is 146 Å². The molecule has 4 heterocycles. The van der Waals surface area contributed by atoms with E-state index >= 15 is 0 Å². The first-order valence-electron chi connectivity index (χ1n) is 21.9. The number of aromatic nitrogens is 5. The van der Waals surface area contributed by atoms with Crippen LogP contribution in [0.2, 0.25) is 0 Å². The second-order valence-electron chi connectivity index (χ2n) is 16.8. The van der Waals surface area contributed by atoms with Gasteiger partial charge < -0.3 is 13.6 Å². The summed E-state index contributed by atoms with van der Waals surface area (Å²) in [6, 6.07) is 75.0. The van der Waals surface area contributed by atoms with Gasteiger partial charge in [0.05, 0.1) is 27.8 Å². The van der Waals surface area contributed by atoms with Gasteiger partial charge in [0.25, 0.3) is 0 Å². The number of fused-ring (bicyclic) bond motifs is 11. The Labute approximate surface area is 371 Å². The molecule has 65 heavy (non-hydrogen) atoms. The summed E-state index contributed by atoms with van der Waals surface area (Å²) >= 11 is 0. The van der Waals surface area contributed by atoms with Crippen LogP contribution < -0.4 is 0 Å². The van der Waals surface area contributed by atoms with Crippen LogP contribution in [0.3, 0.4) is 0 Å². The molecule has 0 amide bonds. The van der Waals surface area contributed by atoms with E-state index < -0.39 is 0 Å². The van der Waals surface area contributed by atoms with Crippen LogP contribution in [0.15, 0.2) is 217 Å². The first kappa shape index (κ1) is 35.7. The van der Waals surface area contributed by atoms with Crippen LogP contribution in [-0.2, 0) is 0 Å². The lowest BCUT2D eigenvalue weighted by molar-refractivity contribution is 0.668. The molecular weight excluding hydrogens is 795 g/mol. The second-order valence-corrected chi connectivity index (χ2v) is 16.8. The van der Waals surface area contributed by atoms with Crippen molar-refractivity contribution >= 4 is 87.1 Å². The van der Waals surface area contributed by atoms with Gasteiger partial charge in [0.1, 0.15) is 11.2 Å². The Hall–Kier alpha value is -8.87. The van der Waals surface area contributed by atoms with Crippen molar-refractivity contribution in [1.29, 1.82) is 0 Å². The van der Waals surface area contributed by atoms with Gasteiger partial charge in [0.15, 0.2) is 17.5 Å². The lowest BCUT2D eigenvalue weighted by Gasteiger charge is -2.14. The summed E-state index contributed by atoms with van der Waals surface area (Å²) in [6.45, 7) is 0. The van der Waals surface area contributed by atoms with Crippen LogP contribution in [0.1, 0.15) is 0 Å². The number of furan rings is 1. The Morgan fingerprint density at radius 2 is 0.908 bits per heavy atom. The fourth-order valence-electron chi connectivity index (χ4n) is 10.2. The van der Waals surface area contributed by atoms with Crippen molar-refractivity contribution in [2.75, 3.05) is 0 Å². The van der Waals surface area contributed by atoms with E-state index in [1.165, 1.54) is 21.5 Å². The van der Waals surface area contributed by atoms with Gasteiger partial charge in [-0.3, -0.25) is 0 Å². The van der Waals surface area contributed by atoms with Gasteiger partial charge in [-0.15, -0.1) is 0 Å². The molecule has 14 aromatic rings. The third-order valence-corrected chi connectivity index (χ3v) is 13.1. The minimum atomic E-state index is 0.562. The van der Waals surface area contributed by atoms with Gasteiger partial charge in [-0.2, -0.15) is 0 Å². The molecule has 0 radical (unpaired) electrons. The summed E-state index contributed by atoms with van der Waals surface area (Å²) < 4.78 is 11.5. The number of nitrogens with zero attached hydrogens (tertiary/aromatic N) is 5. The van der Waals surface area contributed by atoms with E-state index in [-0.39, 0.29) is 0 Å². The second kappa shape index (κ2) is 13.8. The molecule has 6 nitrogen and oxygen atoms in total. The lowest BCUT2D eigenvalue weighted by Crippen LogP contribution is -2.02. The van der Waals surface area contributed by atoms with Crippen molar-refractivity contribution in [2.45, 2.75) is 0 Å². The third kappa shape index (κ3) is 5.44. The van der Waals surface area contributed by atoms with Gasteiger partial charge >= 0.3 is 0 Å². The molecule has 0 aliphatic rings. The van der Waals surface area contributed by atoms with Crippen molar-refractivity contribution in [3.8, 4) is 45.5 Å². The van der Waals surface area contributed by atoms with E-state index in [1.54, 1.807) is 0 Å². The van der Waals surface area contributed by atoms with E-state index in [2.05, 4.69) is 209 Å². The van der Waals surface area contributed by atoms with E-state index in [0.29, 0.717) is 17.5 Å². The molecule has 0 aliphatic heterocycles. The number of benzene rings is 10. The molecule has 0 N–H and O–H groups in total. The van der Waals surface area contributed by atoms with Crippen LogP contribution in [0.25, 0.3) is 133 Å². The van der Waals surface area contributed by atoms with Crippen LogP contribution >= 0.6 is 0 Å². The standard InChI is InChI=1S/C59H35N5O/c1-2-19-41(20-3-1)63-50-26-12-9-22-44(50)55-46(24-14-27-51(55)63)58-60-57(40-30-29-36-15-4-5-16-37(36)31-40)61-59(62-58)48-34-42(35-54-56(48)45-23-10-13-28-53(45)65-54)64-49-25-11-8-21-43(49)47-32-38-17-6-7-18-39(38)33-52(47)64/h1-35H. The van der Waals surface area contributed by atoms with Gasteiger partial charge in [-0.05, 0) is 82.2 Å². The maximum atomic E-state index is 6.79. The molecule has 0 saturated heterocycles. The van der Waals surface area contributed by atoms with Crippen molar-refractivity contribution in [3.05, 3.63) is 212 Å². The van der Waals surface area contributed by atoms with E-state index in [1.807, 2.05) is 12.1 Å². The topological polar surface area (TPSA) is 61.7 Å². The number of rotatable bonds is 5. The number of hydrogen-bond acceptors (Lipinski definition) is 4. The Morgan fingerprint density at radius 3 is 1.72 bits per heavy atom. The SMILES string of the molecule is c1ccc(-n2c3ccccc3c3c(-c4nc(-c5ccc6ccccc6c5)nc(-c5cc(-n6c7ccccc7c7cc8ccccc8cc76)cc6oc7ccccc7c56)n4)cccc32)cc1. The average molecular weight is 830 g/mol. The zero-order valence-electron chi connectivity index (χ0n) is 34.9. The molecule has 302 valence electrons. The summed E-state index contributed by atoms with van der Waals surface area (Å²) in [5.74, 6) is 1.75. The Kier molecular flexibility index (Phi) is 7.59. The molecule has 14 rings (SSSR count). The third-order valence-electron chi connectivity index (χ3n) is 13.1. The zero-order valence-corrected chi connectivity index (χ0v) is 34.9. The molecule has 10 aromatic carbocycles. The molecule has 0 bridgehead atoms. The smallest absolute Gasteiger partial charge is 0.164 e. The zero-order chi connectivity index (χ0) is 42.6. The fourth-order valence-corrected chi connectivity index (χ4v) is 10.2. The maximum Gasteiger partial charge on any atom is 0.164 e. The largest absolute Gasteiger partial charge is 0.456 e. The van der Waals surface area contributed by atoms with Crippen LogP contribution in [0.5, 0.6) is 0 Å². The number of para-hydroxylation sites is 4. The molecule has 0 spiro atoms. The average Bonchev–Trinajstić information content (AvgIpc) is 4.03. The number of hydrogen-bond donors (Lipinski definition) is 0.